The predicted octanol–water partition coefficient (Wildman–Crippen LogP) is 4.78. The number of carbonyl (C=O) groups is 2. The van der Waals surface area contributed by atoms with Gasteiger partial charge in [0, 0.05) is 23.8 Å². The molecule has 5 rings (SSSR count). The molecule has 3 aliphatic rings. The minimum Gasteiger partial charge on any atom is -0.342 e. The Morgan fingerprint density at radius 1 is 0.974 bits per heavy atom. The number of nitrogens with zero attached hydrogens (tertiary/aromatic N) is 4. The normalized spacial score (nSPS) is 24.3. The van der Waals surface area contributed by atoms with Crippen molar-refractivity contribution in [1.82, 2.24) is 24.9 Å². The molecule has 0 radical (unpaired) electrons. The van der Waals surface area contributed by atoms with E-state index in [4.69, 9.17) is 5.10 Å². The van der Waals surface area contributed by atoms with Gasteiger partial charge in [0.25, 0.3) is 0 Å². The SMILES string of the molecule is Cc1nn(-c2ccccc2)c(C)c1CN1CCC([C@H]2C(=O)N[C@@H](CC3CCCCC3)C(=O)N2C(C)C)CC1. The second-order valence-corrected chi connectivity index (χ2v) is 12.1. The molecule has 1 saturated carbocycles. The molecule has 2 aromatic rings. The van der Waals surface area contributed by atoms with E-state index in [1.165, 1.54) is 43.4 Å². The summed E-state index contributed by atoms with van der Waals surface area (Å²) in [6, 6.07) is 9.61. The minimum absolute atomic E-state index is 0.0274. The first-order valence-corrected chi connectivity index (χ1v) is 14.8. The largest absolute Gasteiger partial charge is 0.342 e. The summed E-state index contributed by atoms with van der Waals surface area (Å²) >= 11 is 0. The summed E-state index contributed by atoms with van der Waals surface area (Å²) in [5.41, 5.74) is 4.62. The lowest BCUT2D eigenvalue weighted by molar-refractivity contribution is -0.155. The second kappa shape index (κ2) is 11.6. The van der Waals surface area contributed by atoms with Gasteiger partial charge in [0.1, 0.15) is 12.1 Å². The van der Waals surface area contributed by atoms with Crippen LogP contribution in [0, 0.1) is 25.7 Å². The molecular formula is C31H45N5O2. The number of piperidine rings is 1. The molecule has 2 amide bonds. The highest BCUT2D eigenvalue weighted by Crippen LogP contribution is 2.33. The third kappa shape index (κ3) is 5.54. The number of benzene rings is 1. The Bertz CT molecular complexity index is 1110. The average molecular weight is 520 g/mol. The molecule has 206 valence electrons. The Morgan fingerprint density at radius 2 is 1.66 bits per heavy atom. The number of aromatic nitrogens is 2. The topological polar surface area (TPSA) is 70.5 Å². The molecule has 0 bridgehead atoms. The lowest BCUT2D eigenvalue weighted by Gasteiger charge is -2.47. The van der Waals surface area contributed by atoms with Gasteiger partial charge in [-0.25, -0.2) is 4.68 Å². The van der Waals surface area contributed by atoms with Crippen LogP contribution in [0.4, 0.5) is 0 Å². The highest BCUT2D eigenvalue weighted by atomic mass is 16.2. The number of hydrogen-bond donors (Lipinski definition) is 1. The number of piperazine rings is 1. The molecule has 1 aliphatic carbocycles. The molecule has 2 atom stereocenters. The summed E-state index contributed by atoms with van der Waals surface area (Å²) in [5, 5.41) is 8.00. The maximum absolute atomic E-state index is 13.6. The molecule has 7 heteroatoms. The fourth-order valence-electron chi connectivity index (χ4n) is 7.07. The number of aryl methyl sites for hydroxylation is 1. The van der Waals surface area contributed by atoms with E-state index in [0.717, 1.165) is 50.3 Å². The van der Waals surface area contributed by atoms with Crippen LogP contribution in [0.25, 0.3) is 5.69 Å². The Hall–Kier alpha value is -2.67. The second-order valence-electron chi connectivity index (χ2n) is 12.1. The van der Waals surface area contributed by atoms with E-state index in [2.05, 4.69) is 50.0 Å². The van der Waals surface area contributed by atoms with Gasteiger partial charge in [-0.05, 0) is 84.0 Å². The lowest BCUT2D eigenvalue weighted by Crippen LogP contribution is -2.67. The zero-order valence-electron chi connectivity index (χ0n) is 23.7. The van der Waals surface area contributed by atoms with E-state index in [-0.39, 0.29) is 35.9 Å². The molecular weight excluding hydrogens is 474 g/mol. The van der Waals surface area contributed by atoms with Gasteiger partial charge in [-0.15, -0.1) is 0 Å². The van der Waals surface area contributed by atoms with E-state index in [1.807, 2.05) is 27.8 Å². The van der Waals surface area contributed by atoms with Gasteiger partial charge in [-0.3, -0.25) is 14.5 Å². The summed E-state index contributed by atoms with van der Waals surface area (Å²) in [5.74, 6) is 0.956. The third-order valence-corrected chi connectivity index (χ3v) is 9.19. The number of likely N-dealkylation sites (tertiary alicyclic amines) is 1. The quantitative estimate of drug-likeness (QED) is 0.572. The highest BCUT2D eigenvalue weighted by Gasteiger charge is 2.46. The van der Waals surface area contributed by atoms with Crippen LogP contribution in [0.5, 0.6) is 0 Å². The molecule has 1 aromatic heterocycles. The van der Waals surface area contributed by atoms with Gasteiger partial charge in [0.2, 0.25) is 11.8 Å². The third-order valence-electron chi connectivity index (χ3n) is 9.19. The molecule has 1 aromatic carbocycles. The number of rotatable bonds is 7. The van der Waals surface area contributed by atoms with Crippen molar-refractivity contribution < 1.29 is 9.59 Å². The van der Waals surface area contributed by atoms with E-state index < -0.39 is 0 Å². The number of hydrogen-bond acceptors (Lipinski definition) is 4. The number of nitrogens with one attached hydrogen (secondary N) is 1. The van der Waals surface area contributed by atoms with Crippen LogP contribution < -0.4 is 5.32 Å². The molecule has 3 fully saturated rings. The summed E-state index contributed by atoms with van der Waals surface area (Å²) in [6.07, 6.45) is 8.82. The van der Waals surface area contributed by atoms with Crippen LogP contribution >= 0.6 is 0 Å². The van der Waals surface area contributed by atoms with Crippen molar-refractivity contribution in [3.8, 4) is 5.69 Å². The zero-order chi connectivity index (χ0) is 26.8. The molecule has 3 heterocycles. The number of carbonyl (C=O) groups excluding carboxylic acids is 2. The molecule has 38 heavy (non-hydrogen) atoms. The first kappa shape index (κ1) is 26.9. The van der Waals surface area contributed by atoms with Crippen molar-refractivity contribution in [2.24, 2.45) is 11.8 Å². The Labute approximate surface area is 227 Å². The average Bonchev–Trinajstić information content (AvgIpc) is 3.20. The number of para-hydroxylation sites is 1. The molecule has 0 spiro atoms. The van der Waals surface area contributed by atoms with Gasteiger partial charge < -0.3 is 10.2 Å². The minimum atomic E-state index is -0.351. The summed E-state index contributed by atoms with van der Waals surface area (Å²) < 4.78 is 2.04. The summed E-state index contributed by atoms with van der Waals surface area (Å²) in [6.45, 7) is 11.1. The van der Waals surface area contributed by atoms with Gasteiger partial charge >= 0.3 is 0 Å². The summed E-state index contributed by atoms with van der Waals surface area (Å²) in [7, 11) is 0. The van der Waals surface area contributed by atoms with Crippen molar-refractivity contribution in [3.05, 3.63) is 47.3 Å². The van der Waals surface area contributed by atoms with Crippen LogP contribution in [0.2, 0.25) is 0 Å². The fourth-order valence-corrected chi connectivity index (χ4v) is 7.07. The standard InChI is InChI=1S/C31H45N5O2/c1-21(2)35-29(30(37)32-28(31(35)38)19-24-11-7-5-8-12-24)25-15-17-34(18-16-25)20-27-22(3)33-36(23(27)4)26-13-9-6-10-14-26/h6,9-10,13-14,21,24-25,28-29H,5,7-8,11-12,15-20H2,1-4H3,(H,32,37)/t28-,29-/m0/s1. The van der Waals surface area contributed by atoms with Crippen LogP contribution in [0.3, 0.4) is 0 Å². The van der Waals surface area contributed by atoms with Gasteiger partial charge in [-0.1, -0.05) is 50.3 Å². The lowest BCUT2D eigenvalue weighted by atomic mass is 9.81. The van der Waals surface area contributed by atoms with Gasteiger partial charge in [-0.2, -0.15) is 5.10 Å². The Morgan fingerprint density at radius 3 is 2.32 bits per heavy atom. The van der Waals surface area contributed by atoms with Gasteiger partial charge in [0.15, 0.2) is 0 Å². The number of amides is 2. The van der Waals surface area contributed by atoms with Crippen LogP contribution in [0.1, 0.15) is 82.2 Å². The molecule has 7 nitrogen and oxygen atoms in total. The van der Waals surface area contributed by atoms with Crippen molar-refractivity contribution >= 4 is 11.8 Å². The molecule has 0 unspecified atom stereocenters. The van der Waals surface area contributed by atoms with Crippen molar-refractivity contribution in [3.63, 3.8) is 0 Å². The van der Waals surface area contributed by atoms with E-state index in [0.29, 0.717) is 5.92 Å². The zero-order valence-corrected chi connectivity index (χ0v) is 23.7. The maximum Gasteiger partial charge on any atom is 0.246 e. The van der Waals surface area contributed by atoms with Crippen molar-refractivity contribution in [2.45, 2.75) is 104 Å². The van der Waals surface area contributed by atoms with Gasteiger partial charge in [0.05, 0.1) is 11.4 Å². The first-order chi connectivity index (χ1) is 18.3. The Balaban J connectivity index is 1.23. The highest BCUT2D eigenvalue weighted by molar-refractivity contribution is 5.97. The molecule has 2 saturated heterocycles. The molecule has 1 N–H and O–H groups in total. The first-order valence-electron chi connectivity index (χ1n) is 14.8. The smallest absolute Gasteiger partial charge is 0.246 e. The van der Waals surface area contributed by atoms with Crippen LogP contribution in [-0.4, -0.2) is 62.6 Å². The van der Waals surface area contributed by atoms with Crippen molar-refractivity contribution in [1.29, 1.82) is 0 Å². The monoisotopic (exact) mass is 519 g/mol. The molecule has 2 aliphatic heterocycles. The van der Waals surface area contributed by atoms with Crippen molar-refractivity contribution in [2.75, 3.05) is 13.1 Å². The van der Waals surface area contributed by atoms with E-state index in [1.54, 1.807) is 0 Å². The van der Waals surface area contributed by atoms with E-state index >= 15 is 0 Å². The van der Waals surface area contributed by atoms with Crippen LogP contribution in [0.15, 0.2) is 30.3 Å². The van der Waals surface area contributed by atoms with E-state index in [9.17, 15) is 9.59 Å². The fraction of sp³-hybridized carbons (Fsp3) is 0.645. The Kier molecular flexibility index (Phi) is 8.22. The maximum atomic E-state index is 13.6. The predicted molar refractivity (Wildman–Crippen MR) is 150 cm³/mol. The van der Waals surface area contributed by atoms with Crippen LogP contribution in [-0.2, 0) is 16.1 Å². The summed E-state index contributed by atoms with van der Waals surface area (Å²) in [4.78, 5) is 31.5.